The summed E-state index contributed by atoms with van der Waals surface area (Å²) < 4.78 is 27.2. The van der Waals surface area contributed by atoms with Gasteiger partial charge in [0.1, 0.15) is 23.6 Å². The number of fused-ring (bicyclic) bond motifs is 1. The van der Waals surface area contributed by atoms with Gasteiger partial charge in [-0.3, -0.25) is 0 Å². The Morgan fingerprint density at radius 2 is 2.00 bits per heavy atom. The van der Waals surface area contributed by atoms with Crippen molar-refractivity contribution in [3.05, 3.63) is 0 Å². The maximum atomic E-state index is 11.1. The largest absolute Gasteiger partial charge is 0.389 e. The van der Waals surface area contributed by atoms with Crippen LogP contribution in [0.15, 0.2) is 0 Å². The van der Waals surface area contributed by atoms with Crippen LogP contribution in [0.5, 0.6) is 0 Å². The minimum atomic E-state index is -3.26. The number of aliphatic hydroxyl groups excluding tert-OH is 1. The van der Waals surface area contributed by atoms with Gasteiger partial charge in [-0.15, -0.1) is 0 Å². The van der Waals surface area contributed by atoms with Crippen LogP contribution in [0.2, 0.25) is 0 Å². The molecule has 6 heteroatoms. The van der Waals surface area contributed by atoms with E-state index < -0.39 is 27.2 Å². The van der Waals surface area contributed by atoms with E-state index in [0.717, 1.165) is 6.26 Å². The van der Waals surface area contributed by atoms with E-state index in [-0.39, 0.29) is 12.2 Å². The van der Waals surface area contributed by atoms with Gasteiger partial charge in [-0.1, -0.05) is 0 Å². The Bertz CT molecular complexity index is 287. The molecule has 2 fully saturated rings. The van der Waals surface area contributed by atoms with E-state index in [0.29, 0.717) is 0 Å². The molecule has 5 nitrogen and oxygen atoms in total. The molecule has 0 spiro atoms. The van der Waals surface area contributed by atoms with Gasteiger partial charge in [0.15, 0.2) is 9.84 Å². The first-order valence-electron chi connectivity index (χ1n) is 3.71. The SMILES string of the molecule is CS(=O)(=O)[C@@H]1[C@@H](N)[C@H]2O[C@H]2[C@H]1O. The maximum absolute atomic E-state index is 11.1. The van der Waals surface area contributed by atoms with Crippen LogP contribution < -0.4 is 5.73 Å². The number of rotatable bonds is 1. The molecule has 0 aromatic heterocycles. The molecule has 0 aromatic rings. The summed E-state index contributed by atoms with van der Waals surface area (Å²) in [4.78, 5) is 0. The Balaban J connectivity index is 2.28. The maximum Gasteiger partial charge on any atom is 0.154 e. The molecule has 1 aliphatic heterocycles. The molecule has 2 aliphatic rings. The summed E-state index contributed by atoms with van der Waals surface area (Å²) in [6.07, 6.45) is -0.453. The molecule has 0 amide bonds. The van der Waals surface area contributed by atoms with E-state index in [9.17, 15) is 13.5 Å². The summed E-state index contributed by atoms with van der Waals surface area (Å²) in [5, 5.41) is 8.57. The number of aliphatic hydroxyl groups is 1. The third kappa shape index (κ3) is 0.990. The van der Waals surface area contributed by atoms with Crippen LogP contribution >= 0.6 is 0 Å². The summed E-state index contributed by atoms with van der Waals surface area (Å²) >= 11 is 0. The molecular weight excluding hydrogens is 182 g/mol. The first-order valence-corrected chi connectivity index (χ1v) is 5.66. The van der Waals surface area contributed by atoms with Crippen molar-refractivity contribution in [1.82, 2.24) is 0 Å². The van der Waals surface area contributed by atoms with Gasteiger partial charge >= 0.3 is 0 Å². The van der Waals surface area contributed by atoms with Gasteiger partial charge in [0.25, 0.3) is 0 Å². The third-order valence-corrected chi connectivity index (χ3v) is 4.07. The average molecular weight is 193 g/mol. The van der Waals surface area contributed by atoms with Crippen molar-refractivity contribution in [2.75, 3.05) is 6.26 Å². The summed E-state index contributed by atoms with van der Waals surface area (Å²) in [5.74, 6) is 0. The van der Waals surface area contributed by atoms with Crippen molar-refractivity contribution in [3.63, 3.8) is 0 Å². The lowest BCUT2D eigenvalue weighted by molar-refractivity contribution is 0.116. The van der Waals surface area contributed by atoms with Crippen LogP contribution in [0.3, 0.4) is 0 Å². The predicted molar refractivity (Wildman–Crippen MR) is 41.3 cm³/mol. The number of hydrogen-bond donors (Lipinski definition) is 2. The quantitative estimate of drug-likeness (QED) is 0.464. The molecule has 3 N–H and O–H groups in total. The average Bonchev–Trinajstić information content (AvgIpc) is 2.55. The van der Waals surface area contributed by atoms with Crippen LogP contribution in [-0.2, 0) is 14.6 Å². The van der Waals surface area contributed by atoms with Crippen LogP contribution in [0.1, 0.15) is 0 Å². The minimum Gasteiger partial charge on any atom is -0.389 e. The fourth-order valence-electron chi connectivity index (χ4n) is 1.86. The Labute approximate surface area is 70.4 Å². The van der Waals surface area contributed by atoms with E-state index in [1.807, 2.05) is 0 Å². The number of ether oxygens (including phenoxy) is 1. The Kier molecular flexibility index (Phi) is 1.54. The van der Waals surface area contributed by atoms with E-state index in [4.69, 9.17) is 10.5 Å². The fourth-order valence-corrected chi connectivity index (χ4v) is 3.25. The second kappa shape index (κ2) is 2.20. The Morgan fingerprint density at radius 1 is 1.42 bits per heavy atom. The minimum absolute atomic E-state index is 0.250. The summed E-state index contributed by atoms with van der Waals surface area (Å²) in [6, 6.07) is -0.569. The topological polar surface area (TPSA) is 92.9 Å². The van der Waals surface area contributed by atoms with Crippen LogP contribution in [0.25, 0.3) is 0 Å². The van der Waals surface area contributed by atoms with Gasteiger partial charge in [-0.2, -0.15) is 0 Å². The highest BCUT2D eigenvalue weighted by molar-refractivity contribution is 7.91. The zero-order valence-corrected chi connectivity index (χ0v) is 7.36. The molecule has 70 valence electrons. The highest BCUT2D eigenvalue weighted by Crippen LogP contribution is 2.40. The standard InChI is InChI=1S/C6H11NO4S/c1-12(9,10)6-2(7)4-5(11-4)3(6)8/h2-6,8H,7H2,1H3/t2-,3+,4+,5-,6+/m0/s1. The highest BCUT2D eigenvalue weighted by Gasteiger charge is 2.63. The smallest absolute Gasteiger partial charge is 0.154 e. The Hall–Kier alpha value is -0.170. The second-order valence-corrected chi connectivity index (χ2v) is 5.63. The predicted octanol–water partition coefficient (Wildman–Crippen LogP) is -2.13. The molecule has 12 heavy (non-hydrogen) atoms. The van der Waals surface area contributed by atoms with E-state index in [2.05, 4.69) is 0 Å². The van der Waals surface area contributed by atoms with Crippen molar-refractivity contribution in [1.29, 1.82) is 0 Å². The van der Waals surface area contributed by atoms with Crippen molar-refractivity contribution in [3.8, 4) is 0 Å². The van der Waals surface area contributed by atoms with Crippen LogP contribution in [0.4, 0.5) is 0 Å². The molecule has 2 rings (SSSR count). The molecule has 5 atom stereocenters. The van der Waals surface area contributed by atoms with E-state index >= 15 is 0 Å². The normalized spacial score (nSPS) is 52.1. The summed E-state index contributed by atoms with van der Waals surface area (Å²) in [5.41, 5.74) is 5.58. The van der Waals surface area contributed by atoms with Gasteiger partial charge in [0.05, 0.1) is 6.04 Å². The van der Waals surface area contributed by atoms with Crippen molar-refractivity contribution in [2.45, 2.75) is 29.6 Å². The molecule has 1 heterocycles. The Morgan fingerprint density at radius 3 is 2.25 bits per heavy atom. The van der Waals surface area contributed by atoms with Crippen LogP contribution in [0, 0.1) is 0 Å². The number of sulfone groups is 1. The third-order valence-electron chi connectivity index (χ3n) is 2.49. The van der Waals surface area contributed by atoms with Gasteiger partial charge in [-0.25, -0.2) is 8.42 Å². The summed E-state index contributed by atoms with van der Waals surface area (Å²) in [6.45, 7) is 0. The lowest BCUT2D eigenvalue weighted by Gasteiger charge is -2.19. The van der Waals surface area contributed by atoms with Crippen LogP contribution in [-0.4, -0.2) is 49.4 Å². The van der Waals surface area contributed by atoms with Crippen molar-refractivity contribution >= 4 is 9.84 Å². The van der Waals surface area contributed by atoms with E-state index in [1.54, 1.807) is 0 Å². The molecule has 1 saturated carbocycles. The van der Waals surface area contributed by atoms with E-state index in [1.165, 1.54) is 0 Å². The van der Waals surface area contributed by atoms with Gasteiger partial charge in [0.2, 0.25) is 0 Å². The molecular formula is C6H11NO4S. The zero-order valence-electron chi connectivity index (χ0n) is 6.54. The first kappa shape index (κ1) is 8.43. The number of hydrogen-bond acceptors (Lipinski definition) is 5. The van der Waals surface area contributed by atoms with Gasteiger partial charge < -0.3 is 15.6 Å². The fraction of sp³-hybridized carbons (Fsp3) is 1.00. The van der Waals surface area contributed by atoms with Crippen molar-refractivity contribution < 1.29 is 18.3 Å². The summed E-state index contributed by atoms with van der Waals surface area (Å²) in [7, 11) is -3.26. The van der Waals surface area contributed by atoms with Gasteiger partial charge in [-0.05, 0) is 0 Å². The number of nitrogens with two attached hydrogens (primary N) is 1. The van der Waals surface area contributed by atoms with Gasteiger partial charge in [0, 0.05) is 6.26 Å². The monoisotopic (exact) mass is 193 g/mol. The highest BCUT2D eigenvalue weighted by atomic mass is 32.2. The molecule has 1 aliphatic carbocycles. The first-order chi connectivity index (χ1) is 5.43. The lowest BCUT2D eigenvalue weighted by Crippen LogP contribution is -2.46. The molecule has 1 saturated heterocycles. The molecule has 0 aromatic carbocycles. The second-order valence-electron chi connectivity index (χ2n) is 3.43. The number of epoxide rings is 1. The lowest BCUT2D eigenvalue weighted by atomic mass is 10.2. The molecule has 0 unspecified atom stereocenters. The van der Waals surface area contributed by atoms with Crippen molar-refractivity contribution in [2.24, 2.45) is 5.73 Å². The zero-order chi connectivity index (χ0) is 9.09. The molecule has 0 radical (unpaired) electrons. The molecule has 0 bridgehead atoms.